The van der Waals surface area contributed by atoms with Crippen LogP contribution in [0, 0.1) is 5.92 Å². The van der Waals surface area contributed by atoms with E-state index in [1.54, 1.807) is 0 Å². The molecule has 4 amide bonds. The first-order chi connectivity index (χ1) is 12.4. The van der Waals surface area contributed by atoms with E-state index >= 15 is 0 Å². The third kappa shape index (κ3) is 3.45. The van der Waals surface area contributed by atoms with Crippen molar-refractivity contribution in [1.29, 1.82) is 0 Å². The van der Waals surface area contributed by atoms with Gasteiger partial charge in [-0.25, -0.2) is 0 Å². The number of amides is 4. The number of likely N-dealkylation sites (tertiary alicyclic amines) is 2. The normalized spacial score (nSPS) is 25.4. The van der Waals surface area contributed by atoms with Crippen molar-refractivity contribution in [2.45, 2.75) is 39.2 Å². The van der Waals surface area contributed by atoms with Gasteiger partial charge in [0.2, 0.25) is 5.91 Å². The van der Waals surface area contributed by atoms with Gasteiger partial charge >= 0.3 is 0 Å². The van der Waals surface area contributed by atoms with E-state index in [0.29, 0.717) is 6.54 Å². The Kier molecular flexibility index (Phi) is 6.08. The lowest BCUT2D eigenvalue weighted by molar-refractivity contribution is -0.159. The lowest BCUT2D eigenvalue weighted by Crippen LogP contribution is -2.56. The van der Waals surface area contributed by atoms with Crippen molar-refractivity contribution in [2.75, 3.05) is 6.54 Å². The number of hydrogen-bond acceptors (Lipinski definition) is 4. The predicted octanol–water partition coefficient (Wildman–Crippen LogP) is 2.14. The van der Waals surface area contributed by atoms with Crippen LogP contribution in [0.3, 0.4) is 0 Å². The first-order valence-corrected chi connectivity index (χ1v) is 8.75. The number of carbonyl (C=O) groups excluding carboxylic acids is 4. The molecule has 0 aromatic rings. The maximum absolute atomic E-state index is 12.9. The van der Waals surface area contributed by atoms with Crippen molar-refractivity contribution in [3.05, 3.63) is 48.6 Å². The number of rotatable bonds is 6. The molecule has 0 radical (unpaired) electrons. The van der Waals surface area contributed by atoms with Crippen LogP contribution in [0.2, 0.25) is 0 Å². The summed E-state index contributed by atoms with van der Waals surface area (Å²) in [5, 5.41) is 0. The summed E-state index contributed by atoms with van der Waals surface area (Å²) in [4.78, 5) is 52.7. The molecule has 6 heteroatoms. The van der Waals surface area contributed by atoms with Crippen molar-refractivity contribution in [2.24, 2.45) is 5.92 Å². The molecule has 2 atom stereocenters. The molecule has 0 spiro atoms. The van der Waals surface area contributed by atoms with E-state index in [-0.39, 0.29) is 35.8 Å². The Balaban J connectivity index is 2.37. The first-order valence-electron chi connectivity index (χ1n) is 8.75. The Hall–Kier alpha value is -2.76. The molecule has 2 saturated heterocycles. The van der Waals surface area contributed by atoms with E-state index < -0.39 is 23.8 Å². The molecule has 0 aliphatic carbocycles. The van der Waals surface area contributed by atoms with Crippen molar-refractivity contribution in [3.8, 4) is 0 Å². The first kappa shape index (κ1) is 19.6. The molecule has 2 heterocycles. The van der Waals surface area contributed by atoms with Crippen LogP contribution in [-0.4, -0.2) is 46.0 Å². The van der Waals surface area contributed by atoms with E-state index in [0.717, 1.165) is 11.3 Å². The molecule has 0 bridgehead atoms. The summed E-state index contributed by atoms with van der Waals surface area (Å²) in [6.45, 7) is 11.4. The van der Waals surface area contributed by atoms with Gasteiger partial charge in [0.05, 0.1) is 11.1 Å². The van der Waals surface area contributed by atoms with Crippen LogP contribution < -0.4 is 0 Å². The number of carbonyl (C=O) groups is 4. The molecular formula is C20H24N2O4. The lowest BCUT2D eigenvalue weighted by atomic mass is 10.00. The minimum atomic E-state index is -0.958. The zero-order chi connectivity index (χ0) is 19.4. The van der Waals surface area contributed by atoms with Gasteiger partial charge in [-0.2, -0.15) is 0 Å². The maximum atomic E-state index is 12.9. The third-order valence-corrected chi connectivity index (χ3v) is 4.74. The van der Waals surface area contributed by atoms with Crippen LogP contribution in [-0.2, 0) is 19.2 Å². The van der Waals surface area contributed by atoms with Gasteiger partial charge in [0.1, 0.15) is 6.04 Å². The van der Waals surface area contributed by atoms with Gasteiger partial charge in [-0.05, 0) is 24.5 Å². The molecule has 0 aromatic carbocycles. The zero-order valence-corrected chi connectivity index (χ0v) is 15.2. The highest BCUT2D eigenvalue weighted by Crippen LogP contribution is 2.31. The average Bonchev–Trinajstić information content (AvgIpc) is 2.84. The monoisotopic (exact) mass is 356 g/mol. The lowest BCUT2D eigenvalue weighted by Gasteiger charge is -2.35. The van der Waals surface area contributed by atoms with Gasteiger partial charge in [-0.3, -0.25) is 29.0 Å². The smallest absolute Gasteiger partial charge is 0.262 e. The molecule has 0 N–H and O–H groups in total. The summed E-state index contributed by atoms with van der Waals surface area (Å²) in [5.41, 5.74) is 0.367. The van der Waals surface area contributed by atoms with E-state index in [2.05, 4.69) is 13.2 Å². The number of piperidine rings is 1. The molecule has 6 nitrogen and oxygen atoms in total. The molecule has 0 saturated carbocycles. The highest BCUT2D eigenvalue weighted by Gasteiger charge is 2.48. The summed E-state index contributed by atoms with van der Waals surface area (Å²) in [7, 11) is 0. The molecular weight excluding hydrogens is 332 g/mol. The SMILES string of the molecule is C=C/C=C1/C(=O)N(C2CCC(=O)N(CC(C)CC)C2=O)C(=O)/C1=C/C=C. The van der Waals surface area contributed by atoms with E-state index in [1.165, 1.54) is 29.2 Å². The van der Waals surface area contributed by atoms with Crippen LogP contribution in [0.4, 0.5) is 0 Å². The quantitative estimate of drug-likeness (QED) is 0.540. The third-order valence-electron chi connectivity index (χ3n) is 4.74. The molecule has 2 aliphatic heterocycles. The Morgan fingerprint density at radius 3 is 2.08 bits per heavy atom. The molecule has 138 valence electrons. The van der Waals surface area contributed by atoms with E-state index in [1.807, 2.05) is 13.8 Å². The predicted molar refractivity (Wildman–Crippen MR) is 97.6 cm³/mol. The summed E-state index contributed by atoms with van der Waals surface area (Å²) in [6, 6.07) is -0.958. The van der Waals surface area contributed by atoms with Crippen LogP contribution in [0.25, 0.3) is 0 Å². The Morgan fingerprint density at radius 1 is 1.08 bits per heavy atom. The fourth-order valence-electron chi connectivity index (χ4n) is 3.12. The number of nitrogens with zero attached hydrogens (tertiary/aromatic N) is 2. The molecule has 2 aliphatic rings. The highest BCUT2D eigenvalue weighted by atomic mass is 16.2. The Bertz CT molecular complexity index is 696. The van der Waals surface area contributed by atoms with Gasteiger partial charge in [-0.1, -0.05) is 45.6 Å². The average molecular weight is 356 g/mol. The van der Waals surface area contributed by atoms with Gasteiger partial charge in [0, 0.05) is 13.0 Å². The summed E-state index contributed by atoms with van der Waals surface area (Å²) < 4.78 is 0. The van der Waals surface area contributed by atoms with Crippen LogP contribution >= 0.6 is 0 Å². The second-order valence-electron chi connectivity index (χ2n) is 6.52. The number of allylic oxidation sites excluding steroid dienone is 4. The molecule has 2 fully saturated rings. The van der Waals surface area contributed by atoms with Crippen LogP contribution in [0.5, 0.6) is 0 Å². The minimum absolute atomic E-state index is 0.130. The van der Waals surface area contributed by atoms with Gasteiger partial charge < -0.3 is 0 Å². The van der Waals surface area contributed by atoms with Crippen molar-refractivity contribution in [3.63, 3.8) is 0 Å². The van der Waals surface area contributed by atoms with Crippen molar-refractivity contribution < 1.29 is 19.2 Å². The van der Waals surface area contributed by atoms with E-state index in [9.17, 15) is 19.2 Å². The largest absolute Gasteiger partial charge is 0.281 e. The Morgan fingerprint density at radius 2 is 1.62 bits per heavy atom. The van der Waals surface area contributed by atoms with Gasteiger partial charge in [0.25, 0.3) is 17.7 Å². The summed E-state index contributed by atoms with van der Waals surface area (Å²) in [5.74, 6) is -1.67. The highest BCUT2D eigenvalue weighted by molar-refractivity contribution is 6.26. The zero-order valence-electron chi connectivity index (χ0n) is 15.2. The minimum Gasteiger partial charge on any atom is -0.281 e. The fourth-order valence-corrected chi connectivity index (χ4v) is 3.12. The van der Waals surface area contributed by atoms with Crippen molar-refractivity contribution >= 4 is 23.6 Å². The molecule has 26 heavy (non-hydrogen) atoms. The molecule has 0 aromatic heterocycles. The maximum Gasteiger partial charge on any atom is 0.262 e. The van der Waals surface area contributed by atoms with Gasteiger partial charge in [-0.15, -0.1) is 0 Å². The molecule has 2 rings (SSSR count). The molecule has 2 unspecified atom stereocenters. The second kappa shape index (κ2) is 8.08. The van der Waals surface area contributed by atoms with Crippen LogP contribution in [0.15, 0.2) is 48.6 Å². The van der Waals surface area contributed by atoms with Crippen LogP contribution in [0.1, 0.15) is 33.1 Å². The fraction of sp³-hybridized carbons (Fsp3) is 0.400. The summed E-state index contributed by atoms with van der Waals surface area (Å²) >= 11 is 0. The summed E-state index contributed by atoms with van der Waals surface area (Å²) in [6.07, 6.45) is 6.84. The van der Waals surface area contributed by atoms with Gasteiger partial charge in [0.15, 0.2) is 0 Å². The second-order valence-corrected chi connectivity index (χ2v) is 6.52. The van der Waals surface area contributed by atoms with Crippen molar-refractivity contribution in [1.82, 2.24) is 9.80 Å². The standard InChI is InChI=1S/C20H24N2O4/c1-5-8-14-15(9-6-2)19(25)22(18(14)24)16-10-11-17(23)21(20(16)26)12-13(4)7-3/h5-6,8-9,13,16H,1-2,7,10-12H2,3-4H3/b14-8+,15-9+. The number of hydrogen-bond donors (Lipinski definition) is 0. The Labute approximate surface area is 153 Å². The number of imide groups is 2. The topological polar surface area (TPSA) is 74.8 Å². The van der Waals surface area contributed by atoms with E-state index in [4.69, 9.17) is 0 Å².